The van der Waals surface area contributed by atoms with E-state index in [4.69, 9.17) is 4.55 Å². The molecule has 0 aliphatic carbocycles. The number of hydrogen-bond acceptors (Lipinski definition) is 4. The number of esters is 1. The normalized spacial score (nSPS) is 11.9. The van der Waals surface area contributed by atoms with Crippen LogP contribution in [0.2, 0.25) is 0 Å². The molecule has 0 amide bonds. The molecule has 0 bridgehead atoms. The number of ether oxygens (including phenoxy) is 1. The molecule has 7 heteroatoms. The molecule has 0 aliphatic rings. The topological polar surface area (TPSA) is 88.5 Å². The second-order valence-electron chi connectivity index (χ2n) is 2.27. The SMILES string of the molecule is COC(=O)c1ccc(NS(=O)O)nc1. The molecule has 2 N–H and O–H groups in total. The van der Waals surface area contributed by atoms with Crippen molar-refractivity contribution in [3.63, 3.8) is 0 Å². The van der Waals surface area contributed by atoms with Gasteiger partial charge in [-0.05, 0) is 12.1 Å². The van der Waals surface area contributed by atoms with Crippen LogP contribution in [0.4, 0.5) is 5.82 Å². The van der Waals surface area contributed by atoms with Gasteiger partial charge in [0.1, 0.15) is 5.82 Å². The number of methoxy groups -OCH3 is 1. The third-order valence-electron chi connectivity index (χ3n) is 1.38. The first-order chi connectivity index (χ1) is 6.63. The van der Waals surface area contributed by atoms with E-state index in [1.165, 1.54) is 25.4 Å². The van der Waals surface area contributed by atoms with E-state index >= 15 is 0 Å². The van der Waals surface area contributed by atoms with Gasteiger partial charge in [0.05, 0.1) is 12.7 Å². The molecule has 1 aromatic rings. The maximum absolute atomic E-state index is 11.0. The zero-order chi connectivity index (χ0) is 10.6. The fraction of sp³-hybridized carbons (Fsp3) is 0.143. The Labute approximate surface area is 82.7 Å². The Morgan fingerprint density at radius 2 is 2.36 bits per heavy atom. The molecule has 1 aromatic heterocycles. The van der Waals surface area contributed by atoms with Crippen molar-refractivity contribution in [2.24, 2.45) is 0 Å². The van der Waals surface area contributed by atoms with Crippen LogP contribution in [-0.2, 0) is 16.0 Å². The Morgan fingerprint density at radius 1 is 1.64 bits per heavy atom. The number of nitrogens with one attached hydrogen (secondary N) is 1. The molecule has 14 heavy (non-hydrogen) atoms. The smallest absolute Gasteiger partial charge is 0.339 e. The zero-order valence-electron chi connectivity index (χ0n) is 7.26. The molecule has 0 spiro atoms. The van der Waals surface area contributed by atoms with Crippen molar-refractivity contribution in [1.82, 2.24) is 4.98 Å². The maximum Gasteiger partial charge on any atom is 0.339 e. The molecular formula is C7H8N2O4S. The maximum atomic E-state index is 11.0. The largest absolute Gasteiger partial charge is 0.465 e. The first-order valence-electron chi connectivity index (χ1n) is 3.55. The molecule has 0 saturated heterocycles. The minimum absolute atomic E-state index is 0.207. The van der Waals surface area contributed by atoms with Gasteiger partial charge in [-0.3, -0.25) is 9.27 Å². The summed E-state index contributed by atoms with van der Waals surface area (Å²) >= 11 is -2.16. The van der Waals surface area contributed by atoms with Crippen LogP contribution in [0.25, 0.3) is 0 Å². The van der Waals surface area contributed by atoms with Gasteiger partial charge in [0.2, 0.25) is 0 Å². The molecule has 76 valence electrons. The van der Waals surface area contributed by atoms with E-state index < -0.39 is 17.2 Å². The summed E-state index contributed by atoms with van der Waals surface area (Å²) in [4.78, 5) is 14.7. The Bertz CT molecular complexity index is 351. The van der Waals surface area contributed by atoms with Crippen LogP contribution in [0.3, 0.4) is 0 Å². The molecule has 0 aliphatic heterocycles. The van der Waals surface area contributed by atoms with E-state index in [0.29, 0.717) is 0 Å². The highest BCUT2D eigenvalue weighted by Crippen LogP contribution is 2.06. The number of pyridine rings is 1. The van der Waals surface area contributed by atoms with Crippen LogP contribution in [0.5, 0.6) is 0 Å². The van der Waals surface area contributed by atoms with Gasteiger partial charge in [0.25, 0.3) is 11.3 Å². The third kappa shape index (κ3) is 2.79. The zero-order valence-corrected chi connectivity index (χ0v) is 8.08. The number of hydrogen-bond donors (Lipinski definition) is 2. The first-order valence-corrected chi connectivity index (χ1v) is 4.66. The molecule has 0 aromatic carbocycles. The number of carbonyl (C=O) groups excluding carboxylic acids is 1. The van der Waals surface area contributed by atoms with Crippen molar-refractivity contribution in [3.05, 3.63) is 23.9 Å². The molecule has 6 nitrogen and oxygen atoms in total. The molecule has 0 saturated carbocycles. The van der Waals surface area contributed by atoms with E-state index in [1.54, 1.807) is 0 Å². The quantitative estimate of drug-likeness (QED) is 0.564. The van der Waals surface area contributed by atoms with Gasteiger partial charge >= 0.3 is 5.97 Å². The van der Waals surface area contributed by atoms with Gasteiger partial charge < -0.3 is 4.74 Å². The number of nitrogens with zero attached hydrogens (tertiary/aromatic N) is 1. The summed E-state index contributed by atoms with van der Waals surface area (Å²) in [5.74, 6) is -0.298. The Hall–Kier alpha value is -1.47. The number of aromatic nitrogens is 1. The van der Waals surface area contributed by atoms with Crippen molar-refractivity contribution >= 4 is 23.1 Å². The van der Waals surface area contributed by atoms with Crippen LogP contribution >= 0.6 is 0 Å². The fourth-order valence-corrected chi connectivity index (χ4v) is 1.08. The molecule has 1 atom stereocenters. The predicted molar refractivity (Wildman–Crippen MR) is 50.0 cm³/mol. The predicted octanol–water partition coefficient (Wildman–Crippen LogP) is 0.417. The second-order valence-corrected chi connectivity index (χ2v) is 2.98. The third-order valence-corrected chi connectivity index (χ3v) is 1.76. The lowest BCUT2D eigenvalue weighted by Crippen LogP contribution is -2.06. The van der Waals surface area contributed by atoms with Crippen molar-refractivity contribution in [2.75, 3.05) is 11.8 Å². The van der Waals surface area contributed by atoms with E-state index in [9.17, 15) is 9.00 Å². The van der Waals surface area contributed by atoms with Crippen molar-refractivity contribution in [3.8, 4) is 0 Å². The molecule has 1 rings (SSSR count). The minimum atomic E-state index is -2.16. The Kier molecular flexibility index (Phi) is 3.55. The summed E-state index contributed by atoms with van der Waals surface area (Å²) in [5, 5.41) is 0. The van der Waals surface area contributed by atoms with Crippen molar-refractivity contribution in [2.45, 2.75) is 0 Å². The summed E-state index contributed by atoms with van der Waals surface area (Å²) in [6.45, 7) is 0. The van der Waals surface area contributed by atoms with Crippen LogP contribution < -0.4 is 4.72 Å². The number of carbonyl (C=O) groups is 1. The fourth-order valence-electron chi connectivity index (χ4n) is 0.782. The van der Waals surface area contributed by atoms with Gasteiger partial charge in [-0.2, -0.15) is 0 Å². The van der Waals surface area contributed by atoms with E-state index in [-0.39, 0.29) is 11.4 Å². The van der Waals surface area contributed by atoms with Crippen LogP contribution in [-0.4, -0.2) is 26.8 Å². The molecule has 1 heterocycles. The van der Waals surface area contributed by atoms with Gasteiger partial charge in [0, 0.05) is 6.20 Å². The van der Waals surface area contributed by atoms with Crippen molar-refractivity contribution < 1.29 is 18.3 Å². The lowest BCUT2D eigenvalue weighted by molar-refractivity contribution is 0.0600. The summed E-state index contributed by atoms with van der Waals surface area (Å²) in [6, 6.07) is 2.84. The molecular weight excluding hydrogens is 208 g/mol. The minimum Gasteiger partial charge on any atom is -0.465 e. The van der Waals surface area contributed by atoms with Gasteiger partial charge in [0.15, 0.2) is 0 Å². The van der Waals surface area contributed by atoms with E-state index in [2.05, 4.69) is 14.4 Å². The van der Waals surface area contributed by atoms with Gasteiger partial charge in [-0.15, -0.1) is 0 Å². The second kappa shape index (κ2) is 4.68. The average Bonchev–Trinajstić information content (AvgIpc) is 2.17. The lowest BCUT2D eigenvalue weighted by Gasteiger charge is -2.01. The lowest BCUT2D eigenvalue weighted by atomic mass is 10.3. The molecule has 0 radical (unpaired) electrons. The highest BCUT2D eigenvalue weighted by Gasteiger charge is 2.05. The molecule has 1 unspecified atom stereocenters. The van der Waals surface area contributed by atoms with Gasteiger partial charge in [-0.25, -0.2) is 14.0 Å². The summed E-state index contributed by atoms with van der Waals surface area (Å²) < 4.78 is 25.4. The summed E-state index contributed by atoms with van der Waals surface area (Å²) in [6.07, 6.45) is 1.25. The van der Waals surface area contributed by atoms with Crippen LogP contribution in [0.1, 0.15) is 10.4 Å². The van der Waals surface area contributed by atoms with E-state index in [0.717, 1.165) is 0 Å². The molecule has 0 fully saturated rings. The summed E-state index contributed by atoms with van der Waals surface area (Å²) in [5.41, 5.74) is 0.279. The first kappa shape index (κ1) is 10.6. The van der Waals surface area contributed by atoms with Crippen molar-refractivity contribution in [1.29, 1.82) is 0 Å². The Balaban J connectivity index is 2.78. The number of rotatable bonds is 3. The highest BCUT2D eigenvalue weighted by atomic mass is 32.2. The van der Waals surface area contributed by atoms with Gasteiger partial charge in [-0.1, -0.05) is 0 Å². The van der Waals surface area contributed by atoms with E-state index in [1.807, 2.05) is 0 Å². The standard InChI is InChI=1S/C7H8N2O4S/c1-13-7(10)5-2-3-6(8-4-5)9-14(11)12/h2-4H,1H3,(H,8,9)(H,11,12). The van der Waals surface area contributed by atoms with Crippen LogP contribution in [0, 0.1) is 0 Å². The van der Waals surface area contributed by atoms with Crippen LogP contribution in [0.15, 0.2) is 18.3 Å². The summed E-state index contributed by atoms with van der Waals surface area (Å²) in [7, 11) is 1.26. The monoisotopic (exact) mass is 216 g/mol. The average molecular weight is 216 g/mol. The number of anilines is 1. The Morgan fingerprint density at radius 3 is 2.79 bits per heavy atom. The highest BCUT2D eigenvalue weighted by molar-refractivity contribution is 7.80.